The average Bonchev–Trinajstić information content (AvgIpc) is 3.39. The minimum Gasteiger partial charge on any atom is -0.486 e. The van der Waals surface area contributed by atoms with E-state index in [0.29, 0.717) is 23.5 Å². The lowest BCUT2D eigenvalue weighted by Gasteiger charge is -2.16. The molecule has 1 N–H and O–H groups in total. The van der Waals surface area contributed by atoms with Gasteiger partial charge < -0.3 is 14.6 Å². The number of benzene rings is 1. The van der Waals surface area contributed by atoms with Gasteiger partial charge in [0.1, 0.15) is 18.2 Å². The standard InChI is InChI=1S/C24H34N6O2S/c1-7-19-8-10-20(11-9-19)32-15-22-27-28-24(29(22)14-16(2)3)33-18(6)23(31)26-21-12-13-25-30(21)17(4)5/h8-13,16-18H,7,14-15H2,1-6H3,(H,26,31). The van der Waals surface area contributed by atoms with Gasteiger partial charge in [-0.2, -0.15) is 5.10 Å². The van der Waals surface area contributed by atoms with Gasteiger partial charge in [-0.15, -0.1) is 10.2 Å². The molecule has 0 aliphatic rings. The van der Waals surface area contributed by atoms with Crippen molar-refractivity contribution in [3.8, 4) is 5.75 Å². The van der Waals surface area contributed by atoms with Crippen molar-refractivity contribution < 1.29 is 9.53 Å². The Bertz CT molecular complexity index is 1040. The smallest absolute Gasteiger partial charge is 0.238 e. The number of hydrogen-bond donors (Lipinski definition) is 1. The SMILES string of the molecule is CCc1ccc(OCc2nnc(SC(C)C(=O)Nc3ccnn3C(C)C)n2CC(C)C)cc1. The molecule has 9 heteroatoms. The summed E-state index contributed by atoms with van der Waals surface area (Å²) < 4.78 is 9.81. The Balaban J connectivity index is 1.69. The molecule has 0 saturated heterocycles. The number of nitrogens with zero attached hydrogens (tertiary/aromatic N) is 5. The number of amides is 1. The van der Waals surface area contributed by atoms with Crippen molar-refractivity contribution in [3.05, 3.63) is 47.9 Å². The zero-order valence-electron chi connectivity index (χ0n) is 20.3. The number of rotatable bonds is 11. The van der Waals surface area contributed by atoms with Crippen LogP contribution >= 0.6 is 11.8 Å². The van der Waals surface area contributed by atoms with E-state index in [1.165, 1.54) is 17.3 Å². The van der Waals surface area contributed by atoms with Crippen LogP contribution in [0.1, 0.15) is 59.0 Å². The molecule has 3 rings (SSSR count). The molecule has 2 heterocycles. The first-order valence-corrected chi connectivity index (χ1v) is 12.3. The normalized spacial score (nSPS) is 12.4. The third-order valence-corrected chi connectivity index (χ3v) is 6.18. The largest absolute Gasteiger partial charge is 0.486 e. The fraction of sp³-hybridized carbons (Fsp3) is 0.500. The van der Waals surface area contributed by atoms with Gasteiger partial charge in [0, 0.05) is 18.7 Å². The Hall–Kier alpha value is -2.81. The van der Waals surface area contributed by atoms with Crippen LogP contribution in [0.4, 0.5) is 5.82 Å². The van der Waals surface area contributed by atoms with Gasteiger partial charge in [0.2, 0.25) is 5.91 Å². The monoisotopic (exact) mass is 470 g/mol. The van der Waals surface area contributed by atoms with Gasteiger partial charge in [-0.3, -0.25) is 4.79 Å². The number of ether oxygens (including phenoxy) is 1. The van der Waals surface area contributed by atoms with Crippen molar-refractivity contribution >= 4 is 23.5 Å². The summed E-state index contributed by atoms with van der Waals surface area (Å²) in [5.41, 5.74) is 1.27. The van der Waals surface area contributed by atoms with E-state index in [1.807, 2.05) is 32.9 Å². The number of thioether (sulfide) groups is 1. The van der Waals surface area contributed by atoms with Crippen molar-refractivity contribution in [2.45, 2.75) is 77.6 Å². The number of carbonyl (C=O) groups is 1. The Kier molecular flexibility index (Phi) is 8.55. The highest BCUT2D eigenvalue weighted by Gasteiger charge is 2.22. The number of nitrogens with one attached hydrogen (secondary N) is 1. The van der Waals surface area contributed by atoms with E-state index < -0.39 is 0 Å². The van der Waals surface area contributed by atoms with E-state index >= 15 is 0 Å². The number of anilines is 1. The lowest BCUT2D eigenvalue weighted by molar-refractivity contribution is -0.115. The number of hydrogen-bond acceptors (Lipinski definition) is 6. The quantitative estimate of drug-likeness (QED) is 0.398. The molecule has 8 nitrogen and oxygen atoms in total. The van der Waals surface area contributed by atoms with Crippen molar-refractivity contribution in [1.82, 2.24) is 24.5 Å². The van der Waals surface area contributed by atoms with Gasteiger partial charge in [0.05, 0.1) is 11.4 Å². The van der Waals surface area contributed by atoms with Gasteiger partial charge in [-0.05, 0) is 50.8 Å². The fourth-order valence-electron chi connectivity index (χ4n) is 3.29. The third-order valence-electron chi connectivity index (χ3n) is 5.10. The van der Waals surface area contributed by atoms with Crippen LogP contribution in [0.2, 0.25) is 0 Å². The van der Waals surface area contributed by atoms with Crippen molar-refractivity contribution in [2.75, 3.05) is 5.32 Å². The van der Waals surface area contributed by atoms with E-state index in [-0.39, 0.29) is 17.2 Å². The summed E-state index contributed by atoms with van der Waals surface area (Å²) in [4.78, 5) is 12.8. The van der Waals surface area contributed by atoms with Gasteiger partial charge >= 0.3 is 0 Å². The van der Waals surface area contributed by atoms with Crippen LogP contribution in [-0.4, -0.2) is 35.7 Å². The van der Waals surface area contributed by atoms with Crippen LogP contribution in [0.3, 0.4) is 0 Å². The number of aromatic nitrogens is 5. The lowest BCUT2D eigenvalue weighted by atomic mass is 10.2. The number of carbonyl (C=O) groups excluding carboxylic acids is 1. The van der Waals surface area contributed by atoms with Crippen LogP contribution in [0.25, 0.3) is 0 Å². The third kappa shape index (κ3) is 6.60. The molecule has 0 spiro atoms. The second kappa shape index (κ2) is 11.4. The van der Waals surface area contributed by atoms with E-state index in [2.05, 4.69) is 58.1 Å². The predicted octanol–water partition coefficient (Wildman–Crippen LogP) is 4.97. The topological polar surface area (TPSA) is 86.9 Å². The molecule has 0 aliphatic carbocycles. The van der Waals surface area contributed by atoms with E-state index in [1.54, 1.807) is 16.9 Å². The highest BCUT2D eigenvalue weighted by Crippen LogP contribution is 2.25. The van der Waals surface area contributed by atoms with Crippen molar-refractivity contribution in [2.24, 2.45) is 5.92 Å². The second-order valence-corrected chi connectivity index (χ2v) is 10.0. The van der Waals surface area contributed by atoms with Gasteiger partial charge in [0.25, 0.3) is 0 Å². The van der Waals surface area contributed by atoms with Gasteiger partial charge in [-0.25, -0.2) is 4.68 Å². The molecule has 0 fully saturated rings. The molecule has 33 heavy (non-hydrogen) atoms. The summed E-state index contributed by atoms with van der Waals surface area (Å²) in [5.74, 6) is 2.53. The summed E-state index contributed by atoms with van der Waals surface area (Å²) in [6.07, 6.45) is 2.68. The molecule has 0 aliphatic heterocycles. The molecule has 1 unspecified atom stereocenters. The zero-order valence-corrected chi connectivity index (χ0v) is 21.1. The molecule has 1 atom stereocenters. The highest BCUT2D eigenvalue weighted by molar-refractivity contribution is 8.00. The summed E-state index contributed by atoms with van der Waals surface area (Å²) in [6, 6.07) is 10.1. The molecule has 0 bridgehead atoms. The summed E-state index contributed by atoms with van der Waals surface area (Å²) >= 11 is 1.40. The van der Waals surface area contributed by atoms with Gasteiger partial charge in [-0.1, -0.05) is 44.7 Å². The zero-order chi connectivity index (χ0) is 24.0. The second-order valence-electron chi connectivity index (χ2n) is 8.69. The maximum atomic E-state index is 12.8. The maximum Gasteiger partial charge on any atom is 0.238 e. The molecule has 3 aromatic rings. The van der Waals surface area contributed by atoms with Crippen molar-refractivity contribution in [1.29, 1.82) is 0 Å². The maximum absolute atomic E-state index is 12.8. The minimum absolute atomic E-state index is 0.102. The van der Waals surface area contributed by atoms with Crippen LogP contribution in [0.15, 0.2) is 41.7 Å². The van der Waals surface area contributed by atoms with E-state index in [9.17, 15) is 4.79 Å². The molecular weight excluding hydrogens is 436 g/mol. The molecule has 0 radical (unpaired) electrons. The minimum atomic E-state index is -0.356. The van der Waals surface area contributed by atoms with Crippen LogP contribution < -0.4 is 10.1 Å². The highest BCUT2D eigenvalue weighted by atomic mass is 32.2. The molecule has 1 amide bonds. The van der Waals surface area contributed by atoms with Crippen LogP contribution in [0.5, 0.6) is 5.75 Å². The molecule has 1 aromatic carbocycles. The Morgan fingerprint density at radius 2 is 1.82 bits per heavy atom. The fourth-order valence-corrected chi connectivity index (χ4v) is 4.17. The van der Waals surface area contributed by atoms with Crippen molar-refractivity contribution in [3.63, 3.8) is 0 Å². The summed E-state index contributed by atoms with van der Waals surface area (Å²) in [6.45, 7) is 13.4. The average molecular weight is 471 g/mol. The van der Waals surface area contributed by atoms with E-state index in [0.717, 1.165) is 24.5 Å². The molecule has 0 saturated carbocycles. The number of aryl methyl sites for hydroxylation is 1. The summed E-state index contributed by atoms with van der Waals surface area (Å²) in [7, 11) is 0. The Morgan fingerprint density at radius 3 is 2.45 bits per heavy atom. The molecule has 2 aromatic heterocycles. The lowest BCUT2D eigenvalue weighted by Crippen LogP contribution is -2.25. The predicted molar refractivity (Wildman–Crippen MR) is 132 cm³/mol. The first kappa shape index (κ1) is 24.8. The van der Waals surface area contributed by atoms with Crippen LogP contribution in [0, 0.1) is 5.92 Å². The van der Waals surface area contributed by atoms with Gasteiger partial charge in [0.15, 0.2) is 11.0 Å². The Morgan fingerprint density at radius 1 is 1.09 bits per heavy atom. The Labute approximate surface area is 200 Å². The van der Waals surface area contributed by atoms with Crippen LogP contribution in [-0.2, 0) is 24.4 Å². The molecule has 178 valence electrons. The first-order valence-electron chi connectivity index (χ1n) is 11.4. The first-order chi connectivity index (χ1) is 15.8. The van der Waals surface area contributed by atoms with E-state index in [4.69, 9.17) is 4.74 Å². The summed E-state index contributed by atoms with van der Waals surface area (Å²) in [5, 5.41) is 16.3. The molecular formula is C24H34N6O2S.